The number of H-pyrrole nitrogens is 1. The minimum absolute atomic E-state index is 0.136. The molecule has 1 aliphatic rings. The molecule has 1 saturated carbocycles. The third kappa shape index (κ3) is 3.61. The molecule has 0 spiro atoms. The van der Waals surface area contributed by atoms with Crippen molar-refractivity contribution in [3.63, 3.8) is 0 Å². The molecule has 0 saturated heterocycles. The van der Waals surface area contributed by atoms with Gasteiger partial charge in [0.15, 0.2) is 21.1 Å². The van der Waals surface area contributed by atoms with Crippen LogP contribution in [0.1, 0.15) is 50.8 Å². The number of unbranched alkanes of at least 4 members (excludes halogenated alkanes) is 2. The topological polar surface area (TPSA) is 117 Å². The number of sulfone groups is 1. The first-order valence-corrected chi connectivity index (χ1v) is 11.5. The Balaban J connectivity index is 1.51. The first-order valence-electron chi connectivity index (χ1n) is 9.73. The van der Waals surface area contributed by atoms with Gasteiger partial charge in [-0.05, 0) is 43.6 Å². The van der Waals surface area contributed by atoms with Crippen molar-refractivity contribution in [2.45, 2.75) is 44.9 Å². The van der Waals surface area contributed by atoms with Crippen molar-refractivity contribution < 1.29 is 8.42 Å². The van der Waals surface area contributed by atoms with Crippen molar-refractivity contribution in [1.29, 1.82) is 5.26 Å². The zero-order chi connectivity index (χ0) is 19.7. The molecule has 9 heteroatoms. The lowest BCUT2D eigenvalue weighted by Gasteiger charge is -2.13. The fraction of sp³-hybridized carbons (Fsp3) is 0.579. The van der Waals surface area contributed by atoms with Crippen LogP contribution in [0.15, 0.2) is 18.5 Å². The highest BCUT2D eigenvalue weighted by atomic mass is 32.2. The fourth-order valence-electron chi connectivity index (χ4n) is 4.48. The van der Waals surface area contributed by atoms with Gasteiger partial charge < -0.3 is 4.98 Å². The highest BCUT2D eigenvalue weighted by molar-refractivity contribution is 7.91. The Morgan fingerprint density at radius 1 is 1.32 bits per heavy atom. The molecule has 0 aliphatic heterocycles. The van der Waals surface area contributed by atoms with Gasteiger partial charge in [-0.15, -0.1) is 10.2 Å². The molecule has 3 heterocycles. The van der Waals surface area contributed by atoms with E-state index in [9.17, 15) is 8.42 Å². The van der Waals surface area contributed by atoms with E-state index < -0.39 is 9.84 Å². The van der Waals surface area contributed by atoms with Gasteiger partial charge >= 0.3 is 0 Å². The summed E-state index contributed by atoms with van der Waals surface area (Å²) in [5.41, 5.74) is 2.44. The average Bonchev–Trinajstić information content (AvgIpc) is 3.35. The predicted octanol–water partition coefficient (Wildman–Crippen LogP) is 2.84. The number of hydrogen-bond acceptors (Lipinski definition) is 6. The van der Waals surface area contributed by atoms with Crippen molar-refractivity contribution in [3.05, 3.63) is 24.3 Å². The summed E-state index contributed by atoms with van der Waals surface area (Å²) in [6, 6.07) is 4.03. The Labute approximate surface area is 163 Å². The summed E-state index contributed by atoms with van der Waals surface area (Å²) in [5.74, 6) is 1.94. The van der Waals surface area contributed by atoms with Crippen LogP contribution in [0.2, 0.25) is 0 Å². The van der Waals surface area contributed by atoms with Crippen LogP contribution < -0.4 is 0 Å². The van der Waals surface area contributed by atoms with Crippen LogP contribution in [0.4, 0.5) is 0 Å². The number of aromatic amines is 1. The summed E-state index contributed by atoms with van der Waals surface area (Å²) in [6.07, 6.45) is 6.85. The monoisotopic (exact) mass is 400 g/mol. The van der Waals surface area contributed by atoms with Gasteiger partial charge in [-0.1, -0.05) is 6.92 Å². The average molecular weight is 401 g/mol. The molecule has 0 amide bonds. The Hall–Kier alpha value is -2.47. The number of nitrogens with zero attached hydrogens (tertiary/aromatic N) is 5. The molecule has 0 radical (unpaired) electrons. The van der Waals surface area contributed by atoms with Crippen molar-refractivity contribution in [2.75, 3.05) is 11.5 Å². The Morgan fingerprint density at radius 2 is 2.18 bits per heavy atom. The van der Waals surface area contributed by atoms with Crippen molar-refractivity contribution in [2.24, 2.45) is 11.8 Å². The Kier molecular flexibility index (Phi) is 5.06. The van der Waals surface area contributed by atoms with Gasteiger partial charge in [-0.3, -0.25) is 4.40 Å². The summed E-state index contributed by atoms with van der Waals surface area (Å²) >= 11 is 0. The van der Waals surface area contributed by atoms with Gasteiger partial charge in [0.05, 0.1) is 29.3 Å². The van der Waals surface area contributed by atoms with Crippen LogP contribution in [0.25, 0.3) is 16.8 Å². The summed E-state index contributed by atoms with van der Waals surface area (Å²) < 4.78 is 27.0. The molecule has 0 aromatic carbocycles. The number of hydrogen-bond donors (Lipinski definition) is 1. The van der Waals surface area contributed by atoms with Crippen LogP contribution >= 0.6 is 0 Å². The van der Waals surface area contributed by atoms with Crippen molar-refractivity contribution >= 4 is 26.6 Å². The number of aromatic nitrogens is 5. The molecule has 1 aliphatic carbocycles. The maximum Gasteiger partial charge on any atom is 0.179 e. The van der Waals surface area contributed by atoms with E-state index in [0.29, 0.717) is 30.8 Å². The van der Waals surface area contributed by atoms with E-state index in [-0.39, 0.29) is 23.3 Å². The summed E-state index contributed by atoms with van der Waals surface area (Å²) in [6.45, 7) is 2.17. The largest absolute Gasteiger partial charge is 0.345 e. The summed E-state index contributed by atoms with van der Waals surface area (Å²) in [7, 11) is -3.10. The Bertz CT molecular complexity index is 1130. The smallest absolute Gasteiger partial charge is 0.179 e. The molecule has 3 aromatic rings. The fourth-order valence-corrected chi connectivity index (χ4v) is 6.28. The van der Waals surface area contributed by atoms with E-state index in [4.69, 9.17) is 5.26 Å². The SMILES string of the molecule is C[C@@H]1C[C@H](CS(=O)(=O)CCCCC#N)C[C@@H]1c1nnc2cnc3[nH]ccc3n12. The lowest BCUT2D eigenvalue weighted by molar-refractivity contribution is 0.504. The van der Waals surface area contributed by atoms with Crippen LogP contribution in [0.5, 0.6) is 0 Å². The molecule has 28 heavy (non-hydrogen) atoms. The lowest BCUT2D eigenvalue weighted by atomic mass is 9.97. The van der Waals surface area contributed by atoms with E-state index in [0.717, 1.165) is 29.8 Å². The van der Waals surface area contributed by atoms with Crippen LogP contribution in [0, 0.1) is 23.2 Å². The lowest BCUT2D eigenvalue weighted by Crippen LogP contribution is -2.17. The molecule has 3 atom stereocenters. The number of rotatable bonds is 7. The molecular formula is C19H24N6O2S. The van der Waals surface area contributed by atoms with Gasteiger partial charge in [0.25, 0.3) is 0 Å². The van der Waals surface area contributed by atoms with E-state index >= 15 is 0 Å². The van der Waals surface area contributed by atoms with Crippen molar-refractivity contribution in [1.82, 2.24) is 24.6 Å². The minimum Gasteiger partial charge on any atom is -0.345 e. The molecule has 0 bridgehead atoms. The molecule has 148 valence electrons. The second-order valence-corrected chi connectivity index (χ2v) is 10.1. The van der Waals surface area contributed by atoms with Crippen LogP contribution in [-0.4, -0.2) is 44.5 Å². The molecule has 1 N–H and O–H groups in total. The van der Waals surface area contributed by atoms with Gasteiger partial charge in [-0.2, -0.15) is 5.26 Å². The molecule has 1 fully saturated rings. The zero-order valence-corrected chi connectivity index (χ0v) is 16.7. The quantitative estimate of drug-likeness (QED) is 0.610. The predicted molar refractivity (Wildman–Crippen MR) is 105 cm³/mol. The molecule has 8 nitrogen and oxygen atoms in total. The third-order valence-corrected chi connectivity index (χ3v) is 7.65. The van der Waals surface area contributed by atoms with Gasteiger partial charge in [0, 0.05) is 18.5 Å². The van der Waals surface area contributed by atoms with Crippen LogP contribution in [-0.2, 0) is 9.84 Å². The summed E-state index contributed by atoms with van der Waals surface area (Å²) in [5, 5.41) is 17.3. The molecule has 0 unspecified atom stereocenters. The summed E-state index contributed by atoms with van der Waals surface area (Å²) in [4.78, 5) is 7.47. The van der Waals surface area contributed by atoms with Gasteiger partial charge in [0.2, 0.25) is 0 Å². The van der Waals surface area contributed by atoms with Crippen LogP contribution in [0.3, 0.4) is 0 Å². The maximum atomic E-state index is 12.5. The standard InChI is InChI=1S/C19H24N6O2S/c1-13-9-14(12-28(26,27)8-4-2-3-6-20)10-15(13)19-24-23-17-11-22-18-16(25(17)19)5-7-21-18/h5,7,11,13-15,21H,2-4,8-10,12H2,1H3/t13-,14+,15+/m1/s1. The third-order valence-electron chi connectivity index (χ3n) is 5.76. The van der Waals surface area contributed by atoms with E-state index in [1.54, 1.807) is 6.20 Å². The zero-order valence-electron chi connectivity index (χ0n) is 15.9. The van der Waals surface area contributed by atoms with Gasteiger partial charge in [-0.25, -0.2) is 13.4 Å². The maximum absolute atomic E-state index is 12.5. The highest BCUT2D eigenvalue weighted by Gasteiger charge is 2.37. The van der Waals surface area contributed by atoms with Crippen molar-refractivity contribution in [3.8, 4) is 6.07 Å². The second-order valence-electron chi connectivity index (χ2n) is 7.87. The van der Waals surface area contributed by atoms with E-state index in [2.05, 4.69) is 33.2 Å². The minimum atomic E-state index is -3.10. The van der Waals surface area contributed by atoms with E-state index in [1.807, 2.05) is 16.7 Å². The molecular weight excluding hydrogens is 376 g/mol. The first kappa shape index (κ1) is 18.9. The molecule has 4 rings (SSSR count). The normalized spacial score (nSPS) is 22.8. The Morgan fingerprint density at radius 3 is 3.00 bits per heavy atom. The highest BCUT2D eigenvalue weighted by Crippen LogP contribution is 2.43. The number of nitriles is 1. The molecule has 3 aromatic heterocycles. The second kappa shape index (κ2) is 7.51. The first-order chi connectivity index (χ1) is 13.5. The van der Waals surface area contributed by atoms with Gasteiger partial charge in [0.1, 0.15) is 5.82 Å². The van der Waals surface area contributed by atoms with E-state index in [1.165, 1.54) is 0 Å². The number of nitrogens with one attached hydrogen (secondary N) is 1. The number of fused-ring (bicyclic) bond motifs is 3.